The maximum Gasteiger partial charge on any atom is 0.251 e. The number of amides is 1. The number of hydrogen-bond donors (Lipinski definition) is 2. The van der Waals surface area contributed by atoms with Gasteiger partial charge >= 0.3 is 0 Å². The van der Waals surface area contributed by atoms with Crippen LogP contribution in [0.15, 0.2) is 24.4 Å². The Morgan fingerprint density at radius 1 is 1.41 bits per heavy atom. The topological polar surface area (TPSA) is 94.7 Å². The van der Waals surface area contributed by atoms with Crippen LogP contribution in [0, 0.1) is 11.3 Å². The smallest absolute Gasteiger partial charge is 0.251 e. The molecule has 0 saturated carbocycles. The van der Waals surface area contributed by atoms with Gasteiger partial charge in [0.25, 0.3) is 5.91 Å². The molecule has 0 radical (unpaired) electrons. The number of rotatable bonds is 3. The molecule has 2 aliphatic rings. The second-order valence-electron chi connectivity index (χ2n) is 6.97. The van der Waals surface area contributed by atoms with E-state index in [9.17, 15) is 14.4 Å². The number of carbonyl (C=O) groups excluding carboxylic acids is 1. The van der Waals surface area contributed by atoms with Crippen LogP contribution >= 0.6 is 0 Å². The number of carbonyl (C=O) groups is 1. The van der Waals surface area contributed by atoms with E-state index in [1.165, 1.54) is 0 Å². The zero-order valence-corrected chi connectivity index (χ0v) is 14.9. The molecule has 4 atom stereocenters. The van der Waals surface area contributed by atoms with Gasteiger partial charge in [0.05, 0.1) is 36.1 Å². The molecule has 0 aromatic carbocycles. The molecule has 2 aliphatic heterocycles. The number of nitriles is 1. The van der Waals surface area contributed by atoms with Crippen LogP contribution in [0.25, 0.3) is 5.52 Å². The van der Waals surface area contributed by atoms with Crippen LogP contribution in [0.2, 0.25) is 0 Å². The van der Waals surface area contributed by atoms with E-state index in [1.807, 2.05) is 19.1 Å². The molecule has 0 unspecified atom stereocenters. The molecule has 1 amide bonds. The molecule has 27 heavy (non-hydrogen) atoms. The number of morpholine rings is 1. The van der Waals surface area contributed by atoms with E-state index in [0.717, 1.165) is 11.2 Å². The summed E-state index contributed by atoms with van der Waals surface area (Å²) in [5.41, 5.74) is 2.12. The lowest BCUT2D eigenvalue weighted by atomic mass is 10.1. The van der Waals surface area contributed by atoms with Gasteiger partial charge in [0.1, 0.15) is 17.9 Å². The minimum absolute atomic E-state index is 0.170. The van der Waals surface area contributed by atoms with E-state index < -0.39 is 18.3 Å². The molecule has 0 spiro atoms. The maximum atomic E-state index is 13.8. The molecular formula is C18H21FN6O2. The zero-order chi connectivity index (χ0) is 19.0. The third kappa shape index (κ3) is 3.34. The van der Waals surface area contributed by atoms with Crippen molar-refractivity contribution in [2.75, 3.05) is 31.1 Å². The highest BCUT2D eigenvalue weighted by molar-refractivity contribution is 5.83. The average molecular weight is 372 g/mol. The normalized spacial score (nSPS) is 28.3. The van der Waals surface area contributed by atoms with Gasteiger partial charge in [-0.3, -0.25) is 4.79 Å². The summed E-state index contributed by atoms with van der Waals surface area (Å²) in [6.45, 7) is 3.53. The molecule has 142 valence electrons. The van der Waals surface area contributed by atoms with Crippen molar-refractivity contribution < 1.29 is 13.9 Å². The van der Waals surface area contributed by atoms with E-state index in [0.29, 0.717) is 25.3 Å². The molecule has 4 rings (SSSR count). The van der Waals surface area contributed by atoms with E-state index in [1.54, 1.807) is 16.8 Å². The molecule has 9 heteroatoms. The molecule has 2 saturated heterocycles. The molecular weight excluding hydrogens is 351 g/mol. The van der Waals surface area contributed by atoms with Gasteiger partial charge in [0.15, 0.2) is 6.10 Å². The molecule has 2 aromatic rings. The monoisotopic (exact) mass is 372 g/mol. The first-order valence-corrected chi connectivity index (χ1v) is 8.99. The van der Waals surface area contributed by atoms with Crippen molar-refractivity contribution in [1.82, 2.24) is 20.2 Å². The second kappa shape index (κ2) is 7.13. The first-order valence-electron chi connectivity index (χ1n) is 8.99. The number of nitrogens with one attached hydrogen (secondary N) is 2. The number of nitrogens with zero attached hydrogens (tertiary/aromatic N) is 4. The van der Waals surface area contributed by atoms with Crippen molar-refractivity contribution in [3.05, 3.63) is 30.1 Å². The largest absolute Gasteiger partial charge is 0.364 e. The van der Waals surface area contributed by atoms with Crippen molar-refractivity contribution in [2.24, 2.45) is 0 Å². The Labute approximate surface area is 155 Å². The van der Waals surface area contributed by atoms with Gasteiger partial charge in [0.2, 0.25) is 0 Å². The van der Waals surface area contributed by atoms with Crippen molar-refractivity contribution >= 4 is 17.1 Å². The van der Waals surface area contributed by atoms with Crippen LogP contribution < -0.4 is 15.5 Å². The van der Waals surface area contributed by atoms with Crippen molar-refractivity contribution in [3.8, 4) is 6.07 Å². The summed E-state index contributed by atoms with van der Waals surface area (Å²) in [6, 6.07) is 7.00. The number of pyridine rings is 1. The zero-order valence-electron chi connectivity index (χ0n) is 14.9. The minimum atomic E-state index is -1.09. The molecule has 0 aliphatic carbocycles. The first-order chi connectivity index (χ1) is 13.1. The van der Waals surface area contributed by atoms with Crippen molar-refractivity contribution in [3.63, 3.8) is 0 Å². The Kier molecular flexibility index (Phi) is 4.68. The Balaban J connectivity index is 1.55. The molecule has 2 N–H and O–H groups in total. The van der Waals surface area contributed by atoms with Gasteiger partial charge in [-0.1, -0.05) is 0 Å². The number of alkyl halides is 1. The Bertz CT molecular complexity index is 894. The van der Waals surface area contributed by atoms with Crippen LogP contribution in [-0.2, 0) is 9.53 Å². The van der Waals surface area contributed by atoms with Crippen LogP contribution in [0.1, 0.15) is 12.6 Å². The van der Waals surface area contributed by atoms with E-state index in [-0.39, 0.29) is 18.6 Å². The van der Waals surface area contributed by atoms with Gasteiger partial charge in [0, 0.05) is 19.6 Å². The molecule has 2 fully saturated rings. The summed E-state index contributed by atoms with van der Waals surface area (Å²) >= 11 is 0. The number of ether oxygens (including phenoxy) is 1. The maximum absolute atomic E-state index is 13.8. The highest BCUT2D eigenvalue weighted by atomic mass is 19.1. The number of fused-ring (bicyclic) bond motifs is 1. The van der Waals surface area contributed by atoms with Crippen molar-refractivity contribution in [2.45, 2.75) is 31.3 Å². The summed E-state index contributed by atoms with van der Waals surface area (Å²) in [4.78, 5) is 14.7. The number of aromatic nitrogens is 2. The van der Waals surface area contributed by atoms with Gasteiger partial charge in [-0.2, -0.15) is 10.4 Å². The van der Waals surface area contributed by atoms with E-state index >= 15 is 0 Å². The average Bonchev–Trinajstić information content (AvgIpc) is 3.30. The summed E-state index contributed by atoms with van der Waals surface area (Å²) in [6.07, 6.45) is -0.311. The van der Waals surface area contributed by atoms with Crippen LogP contribution in [0.5, 0.6) is 0 Å². The summed E-state index contributed by atoms with van der Waals surface area (Å²) in [5.74, 6) is -0.305. The van der Waals surface area contributed by atoms with Gasteiger partial charge in [-0.05, 0) is 25.1 Å². The SMILES string of the molecule is C[C@@H]1CN(c2ccc(C#N)n3nccc23)C[C@H](C(=O)N[C@H]2CNC[C@H]2F)O1. The molecule has 0 bridgehead atoms. The fourth-order valence-corrected chi connectivity index (χ4v) is 3.71. The highest BCUT2D eigenvalue weighted by Gasteiger charge is 2.35. The lowest BCUT2D eigenvalue weighted by molar-refractivity contribution is -0.138. The summed E-state index contributed by atoms with van der Waals surface area (Å²) in [7, 11) is 0. The number of anilines is 1. The van der Waals surface area contributed by atoms with Crippen LogP contribution in [-0.4, -0.2) is 66.1 Å². The van der Waals surface area contributed by atoms with E-state index in [2.05, 4.69) is 26.7 Å². The van der Waals surface area contributed by atoms with Gasteiger partial charge in [-0.25, -0.2) is 8.91 Å². The fraction of sp³-hybridized carbons (Fsp3) is 0.500. The molecule has 8 nitrogen and oxygen atoms in total. The summed E-state index contributed by atoms with van der Waals surface area (Å²) in [5, 5.41) is 19.1. The predicted octanol–water partition coefficient (Wildman–Crippen LogP) is 0.226. The Morgan fingerprint density at radius 2 is 2.26 bits per heavy atom. The van der Waals surface area contributed by atoms with Gasteiger partial charge < -0.3 is 20.3 Å². The van der Waals surface area contributed by atoms with E-state index in [4.69, 9.17) is 4.74 Å². The van der Waals surface area contributed by atoms with Gasteiger partial charge in [-0.15, -0.1) is 0 Å². The minimum Gasteiger partial charge on any atom is -0.364 e. The lowest BCUT2D eigenvalue weighted by Crippen LogP contribution is -2.55. The Morgan fingerprint density at radius 3 is 3.00 bits per heavy atom. The lowest BCUT2D eigenvalue weighted by Gasteiger charge is -2.38. The second-order valence-corrected chi connectivity index (χ2v) is 6.97. The fourth-order valence-electron chi connectivity index (χ4n) is 3.71. The number of halogens is 1. The third-order valence-corrected chi connectivity index (χ3v) is 5.01. The quantitative estimate of drug-likeness (QED) is 0.801. The predicted molar refractivity (Wildman–Crippen MR) is 96.2 cm³/mol. The van der Waals surface area contributed by atoms with Crippen LogP contribution in [0.3, 0.4) is 0 Å². The molecule has 2 aromatic heterocycles. The standard InChI is InChI=1S/C18H21FN6O2/c1-11-9-24(15-3-2-12(6-20)25-16(15)4-5-22-25)10-17(27-11)18(26)23-14-8-21-7-13(14)19/h2-5,11,13-14,17,21H,7-10H2,1H3,(H,23,26)/t11-,13-,14+,17-/m1/s1. The first kappa shape index (κ1) is 17.7. The van der Waals surface area contributed by atoms with Crippen molar-refractivity contribution in [1.29, 1.82) is 5.26 Å². The van der Waals surface area contributed by atoms with Crippen LogP contribution in [0.4, 0.5) is 10.1 Å². The molecule has 4 heterocycles. The summed E-state index contributed by atoms with van der Waals surface area (Å²) < 4.78 is 21.2. The highest BCUT2D eigenvalue weighted by Crippen LogP contribution is 2.26. The third-order valence-electron chi connectivity index (χ3n) is 5.01. The Hall–Kier alpha value is -2.70. The number of hydrogen-bond acceptors (Lipinski definition) is 6.